The summed E-state index contributed by atoms with van der Waals surface area (Å²) in [7, 11) is 0. The molecule has 0 fully saturated rings. The molecule has 0 saturated carbocycles. The van der Waals surface area contributed by atoms with E-state index < -0.39 is 5.91 Å². The van der Waals surface area contributed by atoms with Crippen molar-refractivity contribution in [3.8, 4) is 11.8 Å². The summed E-state index contributed by atoms with van der Waals surface area (Å²) in [5.74, 6) is 0.379. The summed E-state index contributed by atoms with van der Waals surface area (Å²) >= 11 is 0. The molecular formula is C23H26N2O2. The number of nitrogens with one attached hydrogen (secondary N) is 1. The highest BCUT2D eigenvalue weighted by atomic mass is 16.5. The maximum absolute atomic E-state index is 12.3. The van der Waals surface area contributed by atoms with E-state index in [0.29, 0.717) is 12.3 Å². The number of aryl methyl sites for hydroxylation is 1. The molecule has 0 aliphatic rings. The molecule has 0 spiro atoms. The van der Waals surface area contributed by atoms with Gasteiger partial charge < -0.3 is 10.1 Å². The second-order valence-electron chi connectivity index (χ2n) is 6.30. The molecule has 0 unspecified atom stereocenters. The largest absolute Gasteiger partial charge is 0.494 e. The first-order valence-electron chi connectivity index (χ1n) is 9.41. The summed E-state index contributed by atoms with van der Waals surface area (Å²) in [6, 6.07) is 17.0. The minimum atomic E-state index is -0.415. The molecule has 4 heteroatoms. The van der Waals surface area contributed by atoms with Crippen molar-refractivity contribution in [2.75, 3.05) is 11.9 Å². The van der Waals surface area contributed by atoms with Gasteiger partial charge in [-0.1, -0.05) is 51.0 Å². The van der Waals surface area contributed by atoms with E-state index in [0.717, 1.165) is 37.0 Å². The summed E-state index contributed by atoms with van der Waals surface area (Å²) in [6.07, 6.45) is 5.88. The third-order valence-electron chi connectivity index (χ3n) is 4.19. The minimum absolute atomic E-state index is 0.0613. The summed E-state index contributed by atoms with van der Waals surface area (Å²) in [6.45, 7) is 4.93. The molecule has 27 heavy (non-hydrogen) atoms. The molecule has 0 saturated heterocycles. The van der Waals surface area contributed by atoms with Crippen LogP contribution in [0.2, 0.25) is 0 Å². The Labute approximate surface area is 161 Å². The van der Waals surface area contributed by atoms with Gasteiger partial charge in [0, 0.05) is 5.69 Å². The lowest BCUT2D eigenvalue weighted by molar-refractivity contribution is -0.112. The van der Waals surface area contributed by atoms with Crippen LogP contribution in [0.3, 0.4) is 0 Å². The molecule has 0 heterocycles. The number of hydrogen-bond acceptors (Lipinski definition) is 3. The molecule has 0 aromatic heterocycles. The van der Waals surface area contributed by atoms with E-state index in [1.165, 1.54) is 5.56 Å². The van der Waals surface area contributed by atoms with Gasteiger partial charge in [-0.05, 0) is 54.3 Å². The van der Waals surface area contributed by atoms with Gasteiger partial charge in [0.15, 0.2) is 0 Å². The van der Waals surface area contributed by atoms with Gasteiger partial charge >= 0.3 is 0 Å². The Kier molecular flexibility index (Phi) is 8.12. The number of unbranched alkanes of at least 4 members (excludes halogenated alkanes) is 2. The van der Waals surface area contributed by atoms with Crippen LogP contribution in [0.15, 0.2) is 54.1 Å². The van der Waals surface area contributed by atoms with Crippen LogP contribution in [0.5, 0.6) is 5.75 Å². The normalized spacial score (nSPS) is 10.9. The monoisotopic (exact) mass is 362 g/mol. The number of amides is 1. The summed E-state index contributed by atoms with van der Waals surface area (Å²) in [5.41, 5.74) is 2.71. The van der Waals surface area contributed by atoms with Gasteiger partial charge in [0.1, 0.15) is 17.4 Å². The molecule has 140 valence electrons. The van der Waals surface area contributed by atoms with Crippen molar-refractivity contribution in [2.45, 2.75) is 39.5 Å². The Morgan fingerprint density at radius 2 is 1.78 bits per heavy atom. The highest BCUT2D eigenvalue weighted by Gasteiger charge is 2.09. The van der Waals surface area contributed by atoms with Crippen LogP contribution in [-0.4, -0.2) is 12.5 Å². The quantitative estimate of drug-likeness (QED) is 0.371. The molecule has 0 aliphatic carbocycles. The van der Waals surface area contributed by atoms with E-state index in [1.807, 2.05) is 54.6 Å². The van der Waals surface area contributed by atoms with Crippen LogP contribution >= 0.6 is 0 Å². The highest BCUT2D eigenvalue weighted by molar-refractivity contribution is 6.09. The van der Waals surface area contributed by atoms with Gasteiger partial charge in [-0.3, -0.25) is 4.79 Å². The van der Waals surface area contributed by atoms with E-state index >= 15 is 0 Å². The Bertz CT molecular complexity index is 800. The molecule has 1 N–H and O–H groups in total. The van der Waals surface area contributed by atoms with E-state index in [2.05, 4.69) is 19.2 Å². The molecule has 2 rings (SSSR count). The second-order valence-corrected chi connectivity index (χ2v) is 6.30. The fraction of sp³-hybridized carbons (Fsp3) is 0.304. The molecule has 0 bridgehead atoms. The predicted octanol–water partition coefficient (Wildman–Crippen LogP) is 5.36. The number of hydrogen-bond donors (Lipinski definition) is 1. The standard InChI is InChI=1S/C23H26N2O2/c1-3-5-6-15-27-22-13-9-19(10-14-22)16-20(17-24)23(26)25-21-11-7-18(4-2)8-12-21/h7-14,16H,3-6,15H2,1-2H3,(H,25,26)/b20-16+. The molecule has 1 amide bonds. The molecule has 0 aliphatic heterocycles. The van der Waals surface area contributed by atoms with Gasteiger partial charge in [0.2, 0.25) is 0 Å². The van der Waals surface area contributed by atoms with Crippen molar-refractivity contribution in [3.63, 3.8) is 0 Å². The fourth-order valence-electron chi connectivity index (χ4n) is 2.54. The average Bonchev–Trinajstić information content (AvgIpc) is 2.71. The second kappa shape index (κ2) is 10.8. The van der Waals surface area contributed by atoms with Crippen LogP contribution in [0.25, 0.3) is 6.08 Å². The lowest BCUT2D eigenvalue weighted by Gasteiger charge is -2.07. The first-order valence-corrected chi connectivity index (χ1v) is 9.41. The first kappa shape index (κ1) is 20.3. The molecule has 4 nitrogen and oxygen atoms in total. The van der Waals surface area contributed by atoms with Crippen molar-refractivity contribution < 1.29 is 9.53 Å². The number of carbonyl (C=O) groups is 1. The molecule has 2 aromatic carbocycles. The van der Waals surface area contributed by atoms with E-state index in [9.17, 15) is 10.1 Å². The summed E-state index contributed by atoms with van der Waals surface area (Å²) in [5, 5.41) is 12.1. The highest BCUT2D eigenvalue weighted by Crippen LogP contribution is 2.16. The number of rotatable bonds is 9. The molecule has 0 radical (unpaired) electrons. The number of carbonyl (C=O) groups excluding carboxylic acids is 1. The maximum Gasteiger partial charge on any atom is 0.266 e. The molecule has 0 atom stereocenters. The minimum Gasteiger partial charge on any atom is -0.494 e. The van der Waals surface area contributed by atoms with Crippen molar-refractivity contribution >= 4 is 17.7 Å². The van der Waals surface area contributed by atoms with Crippen LogP contribution < -0.4 is 10.1 Å². The zero-order valence-electron chi connectivity index (χ0n) is 16.0. The van der Waals surface area contributed by atoms with Crippen LogP contribution in [0.4, 0.5) is 5.69 Å². The van der Waals surface area contributed by atoms with Gasteiger partial charge in [0.25, 0.3) is 5.91 Å². The van der Waals surface area contributed by atoms with Gasteiger partial charge in [-0.25, -0.2) is 0 Å². The first-order chi connectivity index (χ1) is 13.2. The van der Waals surface area contributed by atoms with Crippen LogP contribution in [0, 0.1) is 11.3 Å². The Morgan fingerprint density at radius 3 is 2.37 bits per heavy atom. The number of benzene rings is 2. The number of ether oxygens (including phenoxy) is 1. The van der Waals surface area contributed by atoms with Gasteiger partial charge in [-0.2, -0.15) is 5.26 Å². The van der Waals surface area contributed by atoms with Crippen LogP contribution in [-0.2, 0) is 11.2 Å². The zero-order chi connectivity index (χ0) is 19.5. The Morgan fingerprint density at radius 1 is 1.07 bits per heavy atom. The summed E-state index contributed by atoms with van der Waals surface area (Å²) < 4.78 is 5.67. The van der Waals surface area contributed by atoms with E-state index in [1.54, 1.807) is 6.08 Å². The maximum atomic E-state index is 12.3. The van der Waals surface area contributed by atoms with Gasteiger partial charge in [0.05, 0.1) is 6.61 Å². The number of anilines is 1. The predicted molar refractivity (Wildman–Crippen MR) is 110 cm³/mol. The number of nitrogens with zero attached hydrogens (tertiary/aromatic N) is 1. The Hall–Kier alpha value is -3.06. The lowest BCUT2D eigenvalue weighted by atomic mass is 10.1. The molecular weight excluding hydrogens is 336 g/mol. The van der Waals surface area contributed by atoms with Crippen molar-refractivity contribution in [1.29, 1.82) is 5.26 Å². The summed E-state index contributed by atoms with van der Waals surface area (Å²) in [4.78, 5) is 12.3. The third kappa shape index (κ3) is 6.63. The van der Waals surface area contributed by atoms with Crippen molar-refractivity contribution in [1.82, 2.24) is 0 Å². The number of nitriles is 1. The fourth-order valence-corrected chi connectivity index (χ4v) is 2.54. The van der Waals surface area contributed by atoms with E-state index in [4.69, 9.17) is 4.74 Å². The third-order valence-corrected chi connectivity index (χ3v) is 4.19. The zero-order valence-corrected chi connectivity index (χ0v) is 16.0. The SMILES string of the molecule is CCCCCOc1ccc(/C=C(\C#N)C(=O)Nc2ccc(CC)cc2)cc1. The lowest BCUT2D eigenvalue weighted by Crippen LogP contribution is -2.13. The Balaban J connectivity index is 1.99. The smallest absolute Gasteiger partial charge is 0.266 e. The van der Waals surface area contributed by atoms with E-state index in [-0.39, 0.29) is 5.57 Å². The van der Waals surface area contributed by atoms with Crippen molar-refractivity contribution in [2.24, 2.45) is 0 Å². The average molecular weight is 362 g/mol. The van der Waals surface area contributed by atoms with Crippen LogP contribution in [0.1, 0.15) is 44.2 Å². The topological polar surface area (TPSA) is 62.1 Å². The van der Waals surface area contributed by atoms with Crippen molar-refractivity contribution in [3.05, 3.63) is 65.2 Å². The van der Waals surface area contributed by atoms with Gasteiger partial charge in [-0.15, -0.1) is 0 Å². The molecule has 2 aromatic rings.